The Morgan fingerprint density at radius 2 is 2.21 bits per heavy atom. The lowest BCUT2D eigenvalue weighted by atomic mass is 10.3. The maximum atomic E-state index is 12.4. The molecule has 0 aromatic carbocycles. The maximum Gasteiger partial charge on any atom is 0.276 e. The zero-order valence-corrected chi connectivity index (χ0v) is 12.8. The van der Waals surface area contributed by atoms with Crippen molar-refractivity contribution >= 4 is 22.8 Å². The molecule has 0 unspecified atom stereocenters. The van der Waals surface area contributed by atoms with Gasteiger partial charge in [0.05, 0.1) is 17.7 Å². The molecule has 1 aliphatic heterocycles. The van der Waals surface area contributed by atoms with Crippen LogP contribution in [0, 0.1) is 0 Å². The first-order valence-electron chi connectivity index (χ1n) is 7.58. The fourth-order valence-corrected chi connectivity index (χ4v) is 2.94. The Morgan fingerprint density at radius 1 is 1.29 bits per heavy atom. The Kier molecular flexibility index (Phi) is 3.58. The van der Waals surface area contributed by atoms with Gasteiger partial charge < -0.3 is 19.9 Å². The van der Waals surface area contributed by atoms with E-state index < -0.39 is 6.10 Å². The summed E-state index contributed by atoms with van der Waals surface area (Å²) in [6, 6.07) is 1.90. The average Bonchev–Trinajstić information content (AvgIpc) is 3.24. The number of anilines is 1. The second-order valence-electron chi connectivity index (χ2n) is 5.64. The first-order chi connectivity index (χ1) is 11.7. The molecule has 4 heterocycles. The molecule has 4 rings (SSSR count). The van der Waals surface area contributed by atoms with Crippen LogP contribution in [0.1, 0.15) is 10.5 Å². The number of aliphatic hydroxyl groups excluding tert-OH is 1. The molecule has 1 saturated heterocycles. The molecule has 10 heteroatoms. The van der Waals surface area contributed by atoms with Crippen molar-refractivity contribution in [3.63, 3.8) is 0 Å². The summed E-state index contributed by atoms with van der Waals surface area (Å²) in [6.07, 6.45) is 3.99. The van der Waals surface area contributed by atoms with Crippen molar-refractivity contribution in [1.82, 2.24) is 35.3 Å². The van der Waals surface area contributed by atoms with Crippen molar-refractivity contribution in [2.24, 2.45) is 0 Å². The third-order valence-electron chi connectivity index (χ3n) is 4.06. The molecule has 0 aliphatic carbocycles. The number of carbonyl (C=O) groups is 1. The monoisotopic (exact) mass is 328 g/mol. The second kappa shape index (κ2) is 5.89. The molecule has 3 aromatic heterocycles. The molecule has 1 amide bonds. The van der Waals surface area contributed by atoms with E-state index in [-0.39, 0.29) is 18.1 Å². The van der Waals surface area contributed by atoms with E-state index in [1.807, 2.05) is 11.0 Å². The van der Waals surface area contributed by atoms with E-state index in [2.05, 4.69) is 30.4 Å². The van der Waals surface area contributed by atoms with Crippen LogP contribution < -0.4 is 4.90 Å². The lowest BCUT2D eigenvalue weighted by Crippen LogP contribution is -2.37. The van der Waals surface area contributed by atoms with Crippen LogP contribution in [-0.2, 0) is 0 Å². The number of nitrogens with one attached hydrogen (secondary N) is 2. The number of hydrogen-bond acceptors (Lipinski definition) is 7. The summed E-state index contributed by atoms with van der Waals surface area (Å²) >= 11 is 0. The zero-order chi connectivity index (χ0) is 16.5. The number of aliphatic hydroxyl groups is 1. The molecular weight excluding hydrogens is 312 g/mol. The van der Waals surface area contributed by atoms with Gasteiger partial charge in [0.2, 0.25) is 0 Å². The summed E-state index contributed by atoms with van der Waals surface area (Å²) in [7, 11) is 0. The van der Waals surface area contributed by atoms with Crippen molar-refractivity contribution in [3.8, 4) is 0 Å². The van der Waals surface area contributed by atoms with E-state index in [1.54, 1.807) is 11.1 Å². The van der Waals surface area contributed by atoms with Crippen molar-refractivity contribution in [3.05, 3.63) is 30.5 Å². The van der Waals surface area contributed by atoms with Crippen LogP contribution in [0.3, 0.4) is 0 Å². The smallest absolute Gasteiger partial charge is 0.276 e. The van der Waals surface area contributed by atoms with Crippen LogP contribution in [0.5, 0.6) is 0 Å². The molecule has 3 N–H and O–H groups in total. The highest BCUT2D eigenvalue weighted by molar-refractivity contribution is 5.92. The SMILES string of the molecule is O=C(c1cn[nH]n1)N1CCN(c2ncnc3[nH]ccc23)C[C@@H](O)C1. The van der Waals surface area contributed by atoms with Gasteiger partial charge in [-0.1, -0.05) is 0 Å². The predicted octanol–water partition coefficient (Wildman–Crippen LogP) is -0.601. The summed E-state index contributed by atoms with van der Waals surface area (Å²) in [4.78, 5) is 27.5. The van der Waals surface area contributed by atoms with E-state index in [9.17, 15) is 9.90 Å². The first-order valence-corrected chi connectivity index (χ1v) is 7.58. The zero-order valence-electron chi connectivity index (χ0n) is 12.8. The molecule has 1 aliphatic rings. The number of aromatic amines is 2. The van der Waals surface area contributed by atoms with Crippen molar-refractivity contribution in [2.75, 3.05) is 31.1 Å². The Morgan fingerprint density at radius 3 is 3.04 bits per heavy atom. The normalized spacial score (nSPS) is 18.8. The molecule has 0 bridgehead atoms. The Balaban J connectivity index is 1.58. The van der Waals surface area contributed by atoms with Gasteiger partial charge in [-0.2, -0.15) is 15.4 Å². The van der Waals surface area contributed by atoms with Gasteiger partial charge in [0.25, 0.3) is 5.91 Å². The fourth-order valence-electron chi connectivity index (χ4n) is 2.94. The van der Waals surface area contributed by atoms with Crippen LogP contribution in [0.25, 0.3) is 11.0 Å². The third kappa shape index (κ3) is 2.56. The number of β-amino-alcohol motifs (C(OH)–C–C–N with tert-alkyl or cyclic N) is 1. The van der Waals surface area contributed by atoms with Gasteiger partial charge >= 0.3 is 0 Å². The first kappa shape index (κ1) is 14.6. The Hall–Kier alpha value is -3.01. The molecular formula is C14H16N8O2. The highest BCUT2D eigenvalue weighted by Crippen LogP contribution is 2.23. The molecule has 0 saturated carbocycles. The lowest BCUT2D eigenvalue weighted by Gasteiger charge is -2.23. The number of H-pyrrole nitrogens is 2. The van der Waals surface area contributed by atoms with Crippen LogP contribution in [0.2, 0.25) is 0 Å². The topological polar surface area (TPSA) is 127 Å². The Bertz CT molecular complexity index is 845. The largest absolute Gasteiger partial charge is 0.389 e. The molecule has 3 aromatic rings. The van der Waals surface area contributed by atoms with E-state index >= 15 is 0 Å². The molecule has 1 atom stereocenters. The van der Waals surface area contributed by atoms with Crippen LogP contribution in [0.15, 0.2) is 24.8 Å². The number of nitrogens with zero attached hydrogens (tertiary/aromatic N) is 6. The lowest BCUT2D eigenvalue weighted by molar-refractivity contribution is 0.0668. The number of hydrogen-bond donors (Lipinski definition) is 3. The van der Waals surface area contributed by atoms with Crippen molar-refractivity contribution in [1.29, 1.82) is 0 Å². The molecule has 10 nitrogen and oxygen atoms in total. The highest BCUT2D eigenvalue weighted by Gasteiger charge is 2.27. The third-order valence-corrected chi connectivity index (χ3v) is 4.06. The summed E-state index contributed by atoms with van der Waals surface area (Å²) in [6.45, 7) is 1.64. The predicted molar refractivity (Wildman–Crippen MR) is 84.4 cm³/mol. The summed E-state index contributed by atoms with van der Waals surface area (Å²) in [5, 5.41) is 21.1. The van der Waals surface area contributed by atoms with E-state index in [0.29, 0.717) is 19.6 Å². The second-order valence-corrected chi connectivity index (χ2v) is 5.64. The molecule has 24 heavy (non-hydrogen) atoms. The van der Waals surface area contributed by atoms with Crippen LogP contribution in [0.4, 0.5) is 5.82 Å². The van der Waals surface area contributed by atoms with Crippen LogP contribution in [-0.4, -0.2) is 78.6 Å². The van der Waals surface area contributed by atoms with Gasteiger partial charge in [0.15, 0.2) is 5.69 Å². The number of carbonyl (C=O) groups excluding carboxylic acids is 1. The van der Waals surface area contributed by atoms with E-state index in [1.165, 1.54) is 12.5 Å². The molecule has 1 fully saturated rings. The Labute approximate surface area is 136 Å². The van der Waals surface area contributed by atoms with Crippen LogP contribution >= 0.6 is 0 Å². The summed E-state index contributed by atoms with van der Waals surface area (Å²) in [5.41, 5.74) is 0.986. The fraction of sp³-hybridized carbons (Fsp3) is 0.357. The minimum Gasteiger partial charge on any atom is -0.389 e. The summed E-state index contributed by atoms with van der Waals surface area (Å²) < 4.78 is 0. The van der Waals surface area contributed by atoms with Gasteiger partial charge in [-0.15, -0.1) is 0 Å². The number of rotatable bonds is 2. The number of aromatic nitrogens is 6. The van der Waals surface area contributed by atoms with Gasteiger partial charge in [-0.25, -0.2) is 9.97 Å². The number of amides is 1. The average molecular weight is 328 g/mol. The molecule has 0 spiro atoms. The quantitative estimate of drug-likeness (QED) is 0.573. The van der Waals surface area contributed by atoms with Crippen molar-refractivity contribution < 1.29 is 9.90 Å². The minimum atomic E-state index is -0.688. The highest BCUT2D eigenvalue weighted by atomic mass is 16.3. The van der Waals surface area contributed by atoms with E-state index in [0.717, 1.165) is 16.9 Å². The summed E-state index contributed by atoms with van der Waals surface area (Å²) in [5.74, 6) is 0.496. The number of fused-ring (bicyclic) bond motifs is 1. The molecule has 0 radical (unpaired) electrons. The minimum absolute atomic E-state index is 0.240. The van der Waals surface area contributed by atoms with E-state index in [4.69, 9.17) is 0 Å². The standard InChI is InChI=1S/C14H16N8O2/c23-9-6-21(13-10-1-2-15-12(10)16-8-17-13)3-4-22(7-9)14(24)11-5-18-20-19-11/h1-2,5,8-9,23H,3-4,6-7H2,(H,15,16,17)(H,18,19,20)/t9-/m1/s1. The van der Waals surface area contributed by atoms with Gasteiger partial charge in [0, 0.05) is 32.4 Å². The van der Waals surface area contributed by atoms with Gasteiger partial charge in [-0.3, -0.25) is 4.79 Å². The van der Waals surface area contributed by atoms with Gasteiger partial charge in [-0.05, 0) is 6.07 Å². The molecule has 124 valence electrons. The van der Waals surface area contributed by atoms with Gasteiger partial charge in [0.1, 0.15) is 17.8 Å². The van der Waals surface area contributed by atoms with Crippen molar-refractivity contribution in [2.45, 2.75) is 6.10 Å². The maximum absolute atomic E-state index is 12.4.